The highest BCUT2D eigenvalue weighted by atomic mass is 16.7. The average Bonchev–Trinajstić information content (AvgIpc) is 0.769. The second-order valence-corrected chi connectivity index (χ2v) is 30.3. The molecule has 0 aromatic heterocycles. The molecule has 0 bridgehead atoms. The van der Waals surface area contributed by atoms with E-state index in [0.29, 0.717) is 12.8 Å². The molecule has 0 aromatic rings. The summed E-state index contributed by atoms with van der Waals surface area (Å²) in [5.74, 6) is -0.206. The van der Waals surface area contributed by atoms with Crippen molar-refractivity contribution in [2.24, 2.45) is 0 Å². The maximum atomic E-state index is 13.4. The number of rotatable bonds is 73. The molecule has 0 spiro atoms. The average molecular weight is 1480 g/mol. The summed E-state index contributed by atoms with van der Waals surface area (Å²) >= 11 is 0. The summed E-state index contributed by atoms with van der Waals surface area (Å²) in [4.78, 5) is 13.4. The molecule has 14 heteroatoms. The van der Waals surface area contributed by atoms with Crippen LogP contribution in [0.4, 0.5) is 0 Å². The first-order valence-electron chi connectivity index (χ1n) is 43.6. The Morgan fingerprint density at radius 1 is 0.352 bits per heavy atom. The molecule has 2 fully saturated rings. The van der Waals surface area contributed by atoms with Crippen LogP contribution in [0.1, 0.15) is 367 Å². The highest BCUT2D eigenvalue weighted by Crippen LogP contribution is 2.31. The summed E-state index contributed by atoms with van der Waals surface area (Å²) in [5.41, 5.74) is 0. The van der Waals surface area contributed by atoms with Crippen LogP contribution in [-0.2, 0) is 23.7 Å². The molecule has 2 saturated heterocycles. The van der Waals surface area contributed by atoms with Crippen LogP contribution in [0, 0.1) is 0 Å². The van der Waals surface area contributed by atoms with E-state index in [2.05, 4.69) is 129 Å². The van der Waals surface area contributed by atoms with Gasteiger partial charge in [-0.25, -0.2) is 0 Å². The molecule has 14 nitrogen and oxygen atoms in total. The number of amides is 1. The fourth-order valence-corrected chi connectivity index (χ4v) is 13.9. The van der Waals surface area contributed by atoms with E-state index >= 15 is 0 Å². The number of unbranched alkanes of at least 4 members (excludes halogenated alkanes) is 42. The molecular weight excluding hydrogens is 1310 g/mol. The van der Waals surface area contributed by atoms with Crippen molar-refractivity contribution in [1.29, 1.82) is 0 Å². The standard InChI is InChI=1S/C91H161NO13/c1-3-5-7-9-11-13-15-17-19-21-23-25-27-29-31-33-35-36-37-38-39-40-41-42-43-44-45-47-49-51-53-55-57-59-61-63-65-67-69-71-73-75-83(96)92-79(78-102-90-88(101)86(99)89(82(77-94)104-90)105-91-87(100)85(98)84(97)81(76-93)103-91)80(95)74-72-70-68-66-64-62-60-58-56-54-52-50-48-46-34-32-30-28-26-24-22-20-18-16-14-12-10-8-6-4-2/h5,7,11,13,17,19,23,25,29,31,35-36,38-39,41-42,44-45,79-82,84-91,93-95,97-101H,3-4,6,8-10,12,14-16,18,20-22,24,26-28,30,32-34,37,40,43,46-78H2,1-2H3,(H,92,96)/b7-5-,13-11-,19-17-,25-23-,31-29-,36-35-,39-38-,42-41-,45-44-. The van der Waals surface area contributed by atoms with E-state index in [1.165, 1.54) is 225 Å². The molecule has 0 saturated carbocycles. The molecule has 1 amide bonds. The van der Waals surface area contributed by atoms with Gasteiger partial charge in [-0.2, -0.15) is 0 Å². The first-order chi connectivity index (χ1) is 51.6. The third-order valence-electron chi connectivity index (χ3n) is 20.8. The van der Waals surface area contributed by atoms with Crippen molar-refractivity contribution in [3.05, 3.63) is 109 Å². The molecule has 0 radical (unpaired) electrons. The van der Waals surface area contributed by atoms with Crippen LogP contribution in [-0.4, -0.2) is 140 Å². The summed E-state index contributed by atoms with van der Waals surface area (Å²) in [6.07, 6.45) is 89.9. The van der Waals surface area contributed by atoms with Gasteiger partial charge in [0.1, 0.15) is 48.8 Å². The molecule has 2 aliphatic heterocycles. The van der Waals surface area contributed by atoms with Crippen molar-refractivity contribution >= 4 is 5.91 Å². The van der Waals surface area contributed by atoms with Crippen LogP contribution in [0.2, 0.25) is 0 Å². The van der Waals surface area contributed by atoms with Gasteiger partial charge in [0.2, 0.25) is 5.91 Å². The number of ether oxygens (including phenoxy) is 4. The lowest BCUT2D eigenvalue weighted by atomic mass is 9.97. The first-order valence-corrected chi connectivity index (χ1v) is 43.6. The summed E-state index contributed by atoms with van der Waals surface area (Å²) < 4.78 is 23.0. The lowest BCUT2D eigenvalue weighted by molar-refractivity contribution is -0.359. The zero-order chi connectivity index (χ0) is 75.8. The molecular formula is C91H161NO13. The molecule has 2 heterocycles. The third kappa shape index (κ3) is 55.7. The lowest BCUT2D eigenvalue weighted by Gasteiger charge is -2.46. The number of aliphatic hydroxyl groups excluding tert-OH is 8. The van der Waals surface area contributed by atoms with E-state index in [1.807, 2.05) is 0 Å². The fourth-order valence-electron chi connectivity index (χ4n) is 13.9. The van der Waals surface area contributed by atoms with E-state index in [9.17, 15) is 45.6 Å². The van der Waals surface area contributed by atoms with E-state index in [4.69, 9.17) is 18.9 Å². The van der Waals surface area contributed by atoms with Crippen LogP contribution >= 0.6 is 0 Å². The minimum atomic E-state index is -1.79. The molecule has 105 heavy (non-hydrogen) atoms. The summed E-state index contributed by atoms with van der Waals surface area (Å²) in [5, 5.41) is 88.0. The van der Waals surface area contributed by atoms with Gasteiger partial charge < -0.3 is 65.1 Å². The van der Waals surface area contributed by atoms with E-state index in [0.717, 1.165) is 116 Å². The Labute approximate surface area is 642 Å². The first kappa shape index (κ1) is 97.7. The molecule has 12 unspecified atom stereocenters. The van der Waals surface area contributed by atoms with Gasteiger partial charge in [-0.05, 0) is 83.5 Å². The van der Waals surface area contributed by atoms with Gasteiger partial charge in [0.25, 0.3) is 0 Å². The normalized spacial score (nSPS) is 21.9. The van der Waals surface area contributed by atoms with Gasteiger partial charge in [-0.15, -0.1) is 0 Å². The lowest BCUT2D eigenvalue weighted by Crippen LogP contribution is -2.65. The Bertz CT molecular complexity index is 2190. The van der Waals surface area contributed by atoms with Gasteiger partial charge in [0.05, 0.1) is 32.0 Å². The van der Waals surface area contributed by atoms with Crippen LogP contribution in [0.5, 0.6) is 0 Å². The van der Waals surface area contributed by atoms with Gasteiger partial charge in [-0.3, -0.25) is 4.79 Å². The van der Waals surface area contributed by atoms with Crippen LogP contribution in [0.3, 0.4) is 0 Å². The summed E-state index contributed by atoms with van der Waals surface area (Å²) in [6.45, 7) is 2.80. The van der Waals surface area contributed by atoms with Crippen molar-refractivity contribution in [2.45, 2.75) is 441 Å². The Kier molecular flexibility index (Phi) is 68.4. The van der Waals surface area contributed by atoms with Crippen molar-refractivity contribution in [1.82, 2.24) is 5.32 Å². The number of nitrogens with one attached hydrogen (secondary N) is 1. The zero-order valence-corrected chi connectivity index (χ0v) is 67.0. The minimum Gasteiger partial charge on any atom is -0.394 e. The highest BCUT2D eigenvalue weighted by Gasteiger charge is 2.51. The number of carbonyl (C=O) groups excluding carboxylic acids is 1. The van der Waals surface area contributed by atoms with Gasteiger partial charge >= 0.3 is 0 Å². The largest absolute Gasteiger partial charge is 0.394 e. The van der Waals surface area contributed by atoms with Crippen LogP contribution in [0.25, 0.3) is 0 Å². The highest BCUT2D eigenvalue weighted by molar-refractivity contribution is 5.76. The Balaban J connectivity index is 1.58. The van der Waals surface area contributed by atoms with Gasteiger partial charge in [0, 0.05) is 6.42 Å². The Morgan fingerprint density at radius 3 is 1.01 bits per heavy atom. The molecule has 2 aliphatic rings. The predicted octanol–water partition coefficient (Wildman–Crippen LogP) is 21.0. The number of hydrogen-bond donors (Lipinski definition) is 9. The molecule has 608 valence electrons. The third-order valence-corrected chi connectivity index (χ3v) is 20.8. The van der Waals surface area contributed by atoms with Gasteiger partial charge in [0.15, 0.2) is 12.6 Å². The van der Waals surface area contributed by atoms with Crippen molar-refractivity contribution in [3.63, 3.8) is 0 Å². The predicted molar refractivity (Wildman–Crippen MR) is 438 cm³/mol. The summed E-state index contributed by atoms with van der Waals surface area (Å²) in [6, 6.07) is -0.838. The monoisotopic (exact) mass is 1480 g/mol. The number of allylic oxidation sites excluding steroid dienone is 18. The SMILES string of the molecule is CC/C=C\C/C=C\C/C=C\C/C=C\C/C=C\C/C=C\C/C=C\C/C=C\C/C=C\CCCCCCCCCCCCCCCC(=O)NC(COC1OC(CO)C(OC2OC(CO)C(O)C(O)C2O)C(O)C1O)C(O)CCCCCCCCCCCCCCCCCCCCCCCCCCCCCCCC. The molecule has 9 N–H and O–H groups in total. The zero-order valence-electron chi connectivity index (χ0n) is 67.0. The topological polar surface area (TPSA) is 228 Å². The van der Waals surface area contributed by atoms with Crippen molar-refractivity contribution in [2.75, 3.05) is 19.8 Å². The Hall–Kier alpha value is -3.35. The van der Waals surface area contributed by atoms with E-state index in [-0.39, 0.29) is 12.5 Å². The van der Waals surface area contributed by atoms with Gasteiger partial charge in [-0.1, -0.05) is 386 Å². The smallest absolute Gasteiger partial charge is 0.220 e. The molecule has 2 rings (SSSR count). The van der Waals surface area contributed by atoms with Crippen molar-refractivity contribution < 1.29 is 64.6 Å². The Morgan fingerprint density at radius 2 is 0.657 bits per heavy atom. The molecule has 12 atom stereocenters. The second-order valence-electron chi connectivity index (χ2n) is 30.3. The number of carbonyl (C=O) groups is 1. The fraction of sp³-hybridized carbons (Fsp3) is 0.791. The summed E-state index contributed by atoms with van der Waals surface area (Å²) in [7, 11) is 0. The van der Waals surface area contributed by atoms with E-state index in [1.54, 1.807) is 0 Å². The number of aliphatic hydroxyl groups is 8. The minimum absolute atomic E-state index is 0.206. The van der Waals surface area contributed by atoms with Crippen LogP contribution in [0.15, 0.2) is 109 Å². The quantitative estimate of drug-likeness (QED) is 0.0204. The maximum absolute atomic E-state index is 13.4. The van der Waals surface area contributed by atoms with Crippen LogP contribution < -0.4 is 5.32 Å². The number of hydrogen-bond acceptors (Lipinski definition) is 13. The molecule has 0 aliphatic carbocycles. The maximum Gasteiger partial charge on any atom is 0.220 e. The van der Waals surface area contributed by atoms with E-state index < -0.39 is 86.8 Å². The second kappa shape index (κ2) is 73.5. The van der Waals surface area contributed by atoms with Crippen molar-refractivity contribution in [3.8, 4) is 0 Å². The molecule has 0 aromatic carbocycles.